The second-order valence-electron chi connectivity index (χ2n) is 3.88. The number of rotatable bonds is 5. The maximum atomic E-state index is 11.4. The van der Waals surface area contributed by atoms with Gasteiger partial charge in [-0.1, -0.05) is 15.9 Å². The molecule has 0 aliphatic carbocycles. The van der Waals surface area contributed by atoms with Crippen LogP contribution in [-0.4, -0.2) is 36.4 Å². The normalized spacial score (nSPS) is 9.94. The summed E-state index contributed by atoms with van der Waals surface area (Å²) in [5, 5.41) is 13.7. The fraction of sp³-hybridized carbons (Fsp3) is 0.364. The Labute approximate surface area is 113 Å². The molecule has 0 bridgehead atoms. The molecule has 1 aromatic rings. The van der Waals surface area contributed by atoms with Gasteiger partial charge in [-0.3, -0.25) is 14.9 Å². The molecule has 7 heteroatoms. The molecule has 1 rings (SSSR count). The summed E-state index contributed by atoms with van der Waals surface area (Å²) in [4.78, 5) is 23.2. The zero-order valence-electron chi connectivity index (χ0n) is 10.1. The van der Waals surface area contributed by atoms with E-state index in [1.165, 1.54) is 11.0 Å². The molecule has 0 aliphatic rings. The van der Waals surface area contributed by atoms with Crippen molar-refractivity contribution >= 4 is 33.2 Å². The van der Waals surface area contributed by atoms with E-state index < -0.39 is 4.92 Å². The average Bonchev–Trinajstić information content (AvgIpc) is 2.28. The average molecular weight is 316 g/mol. The molecule has 0 spiro atoms. The lowest BCUT2D eigenvalue weighted by molar-refractivity contribution is -0.384. The Balaban J connectivity index is 2.69. The number of hydrogen-bond acceptors (Lipinski definition) is 4. The summed E-state index contributed by atoms with van der Waals surface area (Å²) in [6.07, 6.45) is 0.288. The Morgan fingerprint density at radius 1 is 1.50 bits per heavy atom. The third-order valence-corrected chi connectivity index (χ3v) is 2.80. The molecule has 1 amide bonds. The lowest BCUT2D eigenvalue weighted by Gasteiger charge is -2.11. The highest BCUT2D eigenvalue weighted by molar-refractivity contribution is 9.10. The summed E-state index contributed by atoms with van der Waals surface area (Å²) < 4.78 is 0.745. The van der Waals surface area contributed by atoms with Gasteiger partial charge in [-0.15, -0.1) is 0 Å². The number of carbonyl (C=O) groups is 1. The Bertz CT molecular complexity index is 463. The Kier molecular flexibility index (Phi) is 5.08. The third-order valence-electron chi connectivity index (χ3n) is 2.31. The van der Waals surface area contributed by atoms with Gasteiger partial charge < -0.3 is 10.2 Å². The number of nitro benzene ring substituents is 1. The predicted molar refractivity (Wildman–Crippen MR) is 72.6 cm³/mol. The standard InChI is InChI=1S/C11H14BrN3O3/c1-14(2)11(16)5-6-13-9-7-8(12)3-4-10(9)15(17)18/h3-4,7,13H,5-6H2,1-2H3. The molecule has 98 valence electrons. The summed E-state index contributed by atoms with van der Waals surface area (Å²) in [7, 11) is 3.34. The van der Waals surface area contributed by atoms with Crippen LogP contribution in [0.25, 0.3) is 0 Å². The topological polar surface area (TPSA) is 75.5 Å². The van der Waals surface area contributed by atoms with Crippen LogP contribution in [0.1, 0.15) is 6.42 Å². The lowest BCUT2D eigenvalue weighted by Crippen LogP contribution is -2.24. The zero-order valence-corrected chi connectivity index (χ0v) is 11.7. The maximum absolute atomic E-state index is 11.4. The van der Waals surface area contributed by atoms with Gasteiger partial charge in [0, 0.05) is 37.6 Å². The van der Waals surface area contributed by atoms with E-state index in [4.69, 9.17) is 0 Å². The summed E-state index contributed by atoms with van der Waals surface area (Å²) in [5.74, 6) is -0.0276. The quantitative estimate of drug-likeness (QED) is 0.668. The summed E-state index contributed by atoms with van der Waals surface area (Å²) >= 11 is 3.25. The molecule has 0 radical (unpaired) electrons. The minimum atomic E-state index is -0.456. The predicted octanol–water partition coefficient (Wildman–Crippen LogP) is 2.25. The first kappa shape index (κ1) is 14.4. The maximum Gasteiger partial charge on any atom is 0.292 e. The van der Waals surface area contributed by atoms with E-state index in [1.807, 2.05) is 0 Å². The van der Waals surface area contributed by atoms with E-state index in [0.717, 1.165) is 4.47 Å². The highest BCUT2D eigenvalue weighted by atomic mass is 79.9. The van der Waals surface area contributed by atoms with Crippen LogP contribution in [0.5, 0.6) is 0 Å². The van der Waals surface area contributed by atoms with Gasteiger partial charge in [0.05, 0.1) is 4.92 Å². The summed E-state index contributed by atoms with van der Waals surface area (Å²) in [6.45, 7) is 0.355. The third kappa shape index (κ3) is 3.99. The molecule has 0 aliphatic heterocycles. The van der Waals surface area contributed by atoms with Gasteiger partial charge >= 0.3 is 0 Å². The largest absolute Gasteiger partial charge is 0.379 e. The summed E-state index contributed by atoms with van der Waals surface area (Å²) in [6, 6.07) is 4.65. The first-order valence-corrected chi connectivity index (χ1v) is 6.09. The number of carbonyl (C=O) groups excluding carboxylic acids is 1. The minimum Gasteiger partial charge on any atom is -0.379 e. The Morgan fingerprint density at radius 2 is 2.17 bits per heavy atom. The molecule has 1 N–H and O–H groups in total. The van der Waals surface area contributed by atoms with E-state index in [1.54, 1.807) is 26.2 Å². The van der Waals surface area contributed by atoms with E-state index in [0.29, 0.717) is 12.2 Å². The van der Waals surface area contributed by atoms with Crippen LogP contribution in [0, 0.1) is 10.1 Å². The summed E-state index contributed by atoms with van der Waals surface area (Å²) in [5.41, 5.74) is 0.399. The smallest absolute Gasteiger partial charge is 0.292 e. The Morgan fingerprint density at radius 3 is 2.72 bits per heavy atom. The SMILES string of the molecule is CN(C)C(=O)CCNc1cc(Br)ccc1[N+](=O)[O-]. The molecule has 0 atom stereocenters. The molecular formula is C11H14BrN3O3. The number of benzene rings is 1. The number of nitro groups is 1. The van der Waals surface area contributed by atoms with Crippen molar-refractivity contribution in [1.29, 1.82) is 0 Å². The van der Waals surface area contributed by atoms with Gasteiger partial charge in [0.1, 0.15) is 5.69 Å². The fourth-order valence-corrected chi connectivity index (χ4v) is 1.70. The minimum absolute atomic E-state index is 0.00416. The van der Waals surface area contributed by atoms with E-state index in [2.05, 4.69) is 21.2 Å². The van der Waals surface area contributed by atoms with Crippen molar-refractivity contribution in [3.8, 4) is 0 Å². The number of hydrogen-bond donors (Lipinski definition) is 1. The number of anilines is 1. The van der Waals surface area contributed by atoms with Crippen LogP contribution in [-0.2, 0) is 4.79 Å². The monoisotopic (exact) mass is 315 g/mol. The zero-order chi connectivity index (χ0) is 13.7. The lowest BCUT2D eigenvalue weighted by atomic mass is 10.2. The van der Waals surface area contributed by atoms with Gasteiger partial charge in [-0.25, -0.2) is 0 Å². The van der Waals surface area contributed by atoms with Crippen molar-refractivity contribution in [2.75, 3.05) is 26.0 Å². The first-order chi connectivity index (χ1) is 8.41. The highest BCUT2D eigenvalue weighted by Crippen LogP contribution is 2.27. The van der Waals surface area contributed by atoms with Crippen LogP contribution in [0.2, 0.25) is 0 Å². The molecule has 0 saturated heterocycles. The second-order valence-corrected chi connectivity index (χ2v) is 4.80. The van der Waals surface area contributed by atoms with Gasteiger partial charge in [0.15, 0.2) is 0 Å². The number of amides is 1. The fourth-order valence-electron chi connectivity index (χ4n) is 1.34. The van der Waals surface area contributed by atoms with Crippen molar-refractivity contribution in [2.45, 2.75) is 6.42 Å². The van der Waals surface area contributed by atoms with Crippen molar-refractivity contribution in [3.63, 3.8) is 0 Å². The van der Waals surface area contributed by atoms with Crippen molar-refractivity contribution in [1.82, 2.24) is 4.90 Å². The molecule has 0 heterocycles. The van der Waals surface area contributed by atoms with Crippen LogP contribution >= 0.6 is 15.9 Å². The van der Waals surface area contributed by atoms with Gasteiger partial charge in [0.25, 0.3) is 5.69 Å². The molecule has 6 nitrogen and oxygen atoms in total. The second kappa shape index (κ2) is 6.34. The van der Waals surface area contributed by atoms with E-state index >= 15 is 0 Å². The highest BCUT2D eigenvalue weighted by Gasteiger charge is 2.13. The van der Waals surface area contributed by atoms with Crippen molar-refractivity contribution < 1.29 is 9.72 Å². The van der Waals surface area contributed by atoms with E-state index in [-0.39, 0.29) is 18.0 Å². The van der Waals surface area contributed by atoms with Crippen LogP contribution in [0.3, 0.4) is 0 Å². The molecule has 0 fully saturated rings. The van der Waals surface area contributed by atoms with Crippen LogP contribution in [0.4, 0.5) is 11.4 Å². The van der Waals surface area contributed by atoms with E-state index in [9.17, 15) is 14.9 Å². The van der Waals surface area contributed by atoms with Gasteiger partial charge in [-0.05, 0) is 12.1 Å². The molecule has 1 aromatic carbocycles. The number of nitrogens with one attached hydrogen (secondary N) is 1. The van der Waals surface area contributed by atoms with Crippen LogP contribution < -0.4 is 5.32 Å². The van der Waals surface area contributed by atoms with Crippen LogP contribution in [0.15, 0.2) is 22.7 Å². The molecule has 18 heavy (non-hydrogen) atoms. The first-order valence-electron chi connectivity index (χ1n) is 5.30. The van der Waals surface area contributed by atoms with Crippen molar-refractivity contribution in [3.05, 3.63) is 32.8 Å². The van der Waals surface area contributed by atoms with Gasteiger partial charge in [0.2, 0.25) is 5.91 Å². The number of nitrogens with zero attached hydrogens (tertiary/aromatic N) is 2. The molecule has 0 aromatic heterocycles. The Hall–Kier alpha value is -1.63. The number of halogens is 1. The molecular weight excluding hydrogens is 302 g/mol. The molecule has 0 saturated carbocycles. The van der Waals surface area contributed by atoms with Crippen molar-refractivity contribution in [2.24, 2.45) is 0 Å². The molecule has 0 unspecified atom stereocenters. The van der Waals surface area contributed by atoms with Gasteiger partial charge in [-0.2, -0.15) is 0 Å².